The first-order chi connectivity index (χ1) is 40.9. The Kier molecular flexibility index (Phi) is 23.6. The van der Waals surface area contributed by atoms with Crippen LogP contribution in [0.3, 0.4) is 0 Å². The van der Waals surface area contributed by atoms with Crippen molar-refractivity contribution in [1.82, 2.24) is 4.98 Å². The van der Waals surface area contributed by atoms with Crippen molar-refractivity contribution in [2.24, 2.45) is 5.73 Å². The first kappa shape index (κ1) is 70.8. The van der Waals surface area contributed by atoms with Crippen LogP contribution in [0.2, 0.25) is 0 Å². The third-order valence-corrected chi connectivity index (χ3v) is 14.6. The largest absolute Gasteiger partial charge is 2.00 e. The van der Waals surface area contributed by atoms with Gasteiger partial charge in [-0.25, -0.2) is 96.2 Å². The van der Waals surface area contributed by atoms with Gasteiger partial charge in [0, 0.05) is 23.3 Å². The number of hydrogen-bond acceptors (Lipinski definition) is 4. The Labute approximate surface area is 501 Å². The average Bonchev–Trinajstić information content (AvgIpc) is 0.717. The van der Waals surface area contributed by atoms with E-state index < -0.39 is 166 Å². The van der Waals surface area contributed by atoms with Gasteiger partial charge < -0.3 is 10.5 Å². The van der Waals surface area contributed by atoms with Crippen LogP contribution in [0.25, 0.3) is 4.72 Å². The maximum Gasteiger partial charge on any atom is 2.00 e. The van der Waals surface area contributed by atoms with E-state index in [0.29, 0.717) is 5.92 Å². The predicted molar refractivity (Wildman–Crippen MR) is 283 cm³/mol. The molecule has 2 atom stereocenters. The molecule has 0 fully saturated rings. The number of sulfonamides is 1. The summed E-state index contributed by atoms with van der Waals surface area (Å²) in [6.07, 6.45) is -3.72. The number of pyridine rings is 1. The van der Waals surface area contributed by atoms with E-state index in [1.165, 1.54) is 11.1 Å². The van der Waals surface area contributed by atoms with Gasteiger partial charge in [0.05, 0.1) is 0 Å². The van der Waals surface area contributed by atoms with Crippen LogP contribution in [-0.2, 0) is 29.5 Å². The summed E-state index contributed by atoms with van der Waals surface area (Å²) < 4.78 is 324. The minimum atomic E-state index is -7.22. The molecule has 5 nitrogen and oxygen atoms in total. The Balaban J connectivity index is 0.000000271. The maximum absolute atomic E-state index is 15.4. The second kappa shape index (κ2) is 29.4. The van der Waals surface area contributed by atoms with E-state index in [2.05, 4.69) is 54.7 Å². The fourth-order valence-electron chi connectivity index (χ4n) is 8.90. The molecule has 0 bridgehead atoms. The molecule has 9 rings (SSSR count). The van der Waals surface area contributed by atoms with Crippen molar-refractivity contribution in [2.75, 3.05) is 0 Å². The molecule has 2 unspecified atom stereocenters. The number of rotatable bonds is 11. The fourth-order valence-corrected chi connectivity index (χ4v) is 10.1. The minimum Gasteiger partial charge on any atom is -0.537 e. The normalized spacial score (nSPS) is 12.0. The summed E-state index contributed by atoms with van der Waals surface area (Å²) in [5.74, 6) is -70.8. The molecule has 0 saturated heterocycles. The van der Waals surface area contributed by atoms with E-state index in [1.807, 2.05) is 85.8 Å². The molecule has 0 aliphatic heterocycles. The molecule has 8 aromatic carbocycles. The van der Waals surface area contributed by atoms with Crippen molar-refractivity contribution in [3.63, 3.8) is 0 Å². The molecular formula is C60H40BF20N3O2RuS. The van der Waals surface area contributed by atoms with Crippen LogP contribution in [0, 0.1) is 130 Å². The van der Waals surface area contributed by atoms with Crippen LogP contribution in [-0.4, -0.2) is 19.5 Å². The quantitative estimate of drug-likeness (QED) is 0.0605. The van der Waals surface area contributed by atoms with Crippen LogP contribution in [0.1, 0.15) is 59.7 Å². The summed E-state index contributed by atoms with van der Waals surface area (Å²) in [7, 11) is -3.83. The van der Waals surface area contributed by atoms with Crippen molar-refractivity contribution in [3.05, 3.63) is 289 Å². The van der Waals surface area contributed by atoms with Crippen LogP contribution in [0.4, 0.5) is 87.8 Å². The maximum atomic E-state index is 15.4. The SMILES string of the molecule is Cc1ccc(C(C)C)cc1.Cc1ccc(S(=O)(=O)[N-]C(c2ccccc2)C(N)c2ccccc2)cc1.Fc1c(F)c(F)c([B-](c2c(F)c(F)c(F)c(F)c2F)(c2c(F)c(F)c(F)c(F)c2F)c2c(F)c(F)c(F)c(F)c2F)c(F)c1F.[Ru+2].c1ccncc1. The topological polar surface area (TPSA) is 87.2 Å². The van der Waals surface area contributed by atoms with Gasteiger partial charge in [-0.2, -0.15) is 0 Å². The van der Waals surface area contributed by atoms with Crippen LogP contribution < -0.4 is 27.6 Å². The Morgan fingerprint density at radius 3 is 0.886 bits per heavy atom. The summed E-state index contributed by atoms with van der Waals surface area (Å²) in [6.45, 7) is 8.45. The van der Waals surface area contributed by atoms with Gasteiger partial charge in [-0.15, -0.1) is 21.9 Å². The molecule has 2 N–H and O–H groups in total. The molecule has 464 valence electrons. The Morgan fingerprint density at radius 2 is 0.625 bits per heavy atom. The van der Waals surface area contributed by atoms with E-state index >= 15 is 35.1 Å². The molecule has 0 radical (unpaired) electrons. The van der Waals surface area contributed by atoms with Crippen molar-refractivity contribution >= 4 is 38.0 Å². The van der Waals surface area contributed by atoms with Crippen LogP contribution >= 0.6 is 0 Å². The molecule has 9 aromatic rings. The number of halogens is 20. The molecule has 0 aliphatic rings. The number of nitrogens with zero attached hydrogens (tertiary/aromatic N) is 2. The van der Waals surface area contributed by atoms with E-state index in [0.717, 1.165) is 16.7 Å². The van der Waals surface area contributed by atoms with Gasteiger partial charge in [-0.3, -0.25) is 4.98 Å². The van der Waals surface area contributed by atoms with E-state index in [1.54, 1.807) is 36.7 Å². The summed E-state index contributed by atoms with van der Waals surface area (Å²) in [5, 5.41) is 0. The second-order valence-corrected chi connectivity index (χ2v) is 20.7. The van der Waals surface area contributed by atoms with Crippen molar-refractivity contribution in [1.29, 1.82) is 0 Å². The van der Waals surface area contributed by atoms with Gasteiger partial charge in [0.2, 0.25) is 0 Å². The predicted octanol–water partition coefficient (Wildman–Crippen LogP) is 14.5. The molecule has 0 spiro atoms. The van der Waals surface area contributed by atoms with Gasteiger partial charge in [-0.05, 0) is 55.2 Å². The third kappa shape index (κ3) is 14.1. The van der Waals surface area contributed by atoms with E-state index in [9.17, 15) is 61.1 Å². The standard InChI is InChI=1S/C24BF20.C21H21N2O2S.C10H14.C5H5N.Ru/c26-5-1(6(27)14(35)21(42)13(5)34)25(2-7(28)15(36)22(43)16(37)8(2)29,3-9(30)17(38)23(44)18(39)10(3)31)4-11(32)19(40)24(45)20(41)12(4)33;1-16-12-14-19(15-13-16)26(24,25)23-21(18-10-6-3-7-11-18)20(22)17-8-4-2-5-9-17;1-8(2)10-6-4-9(3)5-7-10;1-2-4-6-5-3-1;/h;2-15,20-21H,22H2,1H3;4-8H,1-3H3;1-5H;/q2*-1;;;+2. The molecule has 0 saturated carbocycles. The molecule has 1 heterocycles. The van der Waals surface area contributed by atoms with E-state index in [-0.39, 0.29) is 24.4 Å². The molecule has 88 heavy (non-hydrogen) atoms. The number of aromatic nitrogens is 1. The number of benzene rings is 8. The van der Waals surface area contributed by atoms with Gasteiger partial charge in [0.25, 0.3) is 0 Å². The summed E-state index contributed by atoms with van der Waals surface area (Å²) >= 11 is 0. The van der Waals surface area contributed by atoms with E-state index in [4.69, 9.17) is 5.73 Å². The molecule has 28 heteroatoms. The van der Waals surface area contributed by atoms with Gasteiger partial charge in [0.15, 0.2) is 69.8 Å². The van der Waals surface area contributed by atoms with Gasteiger partial charge in [0.1, 0.15) is 62.7 Å². The summed E-state index contributed by atoms with van der Waals surface area (Å²) in [5.41, 5.74) is -2.56. The Hall–Kier alpha value is -7.93. The number of nitrogens with two attached hydrogens (primary N) is 1. The summed E-state index contributed by atoms with van der Waals surface area (Å²) in [4.78, 5) is 3.96. The molecular weight excluding hydrogens is 1320 g/mol. The second-order valence-electron chi connectivity index (χ2n) is 19.1. The van der Waals surface area contributed by atoms with Crippen molar-refractivity contribution < 1.29 is 116 Å². The molecule has 0 aliphatic carbocycles. The molecule has 1 aromatic heterocycles. The zero-order valence-electron chi connectivity index (χ0n) is 45.2. The first-order valence-corrected chi connectivity index (χ1v) is 26.4. The van der Waals surface area contributed by atoms with Crippen LogP contribution in [0.5, 0.6) is 0 Å². The smallest absolute Gasteiger partial charge is 0.537 e. The zero-order chi connectivity index (χ0) is 64.7. The monoisotopic (exact) mass is 1360 g/mol. The average molecular weight is 1360 g/mol. The zero-order valence-corrected chi connectivity index (χ0v) is 47.8. The summed E-state index contributed by atoms with van der Waals surface area (Å²) in [6, 6.07) is 38.5. The number of aryl methyl sites for hydroxylation is 2. The Bertz CT molecular complexity index is 3640. The van der Waals surface area contributed by atoms with Gasteiger partial charge in [-0.1, -0.05) is 140 Å². The van der Waals surface area contributed by atoms with Crippen LogP contribution in [0.15, 0.2) is 145 Å². The van der Waals surface area contributed by atoms with Crippen molar-refractivity contribution in [3.8, 4) is 0 Å². The Morgan fingerprint density at radius 1 is 0.364 bits per heavy atom. The van der Waals surface area contributed by atoms with Crippen molar-refractivity contribution in [2.45, 2.75) is 50.6 Å². The van der Waals surface area contributed by atoms with Gasteiger partial charge >= 0.3 is 19.5 Å². The first-order valence-electron chi connectivity index (χ1n) is 24.9. The minimum absolute atomic E-state index is 0. The third-order valence-electron chi connectivity index (χ3n) is 13.3. The number of hydrogen-bond donors (Lipinski definition) is 1. The molecule has 0 amide bonds. The fraction of sp³-hybridized carbons (Fsp3) is 0.117.